The third-order valence-electron chi connectivity index (χ3n) is 2.07. The predicted octanol–water partition coefficient (Wildman–Crippen LogP) is 2.72. The Balaban J connectivity index is 2.21. The van der Waals surface area contributed by atoms with Crippen LogP contribution in [0.1, 0.15) is 26.6 Å². The lowest BCUT2D eigenvalue weighted by Gasteiger charge is -2.14. The van der Waals surface area contributed by atoms with E-state index in [1.807, 2.05) is 12.1 Å². The summed E-state index contributed by atoms with van der Waals surface area (Å²) in [6.45, 7) is 6.44. The first-order chi connectivity index (χ1) is 7.54. The lowest BCUT2D eigenvalue weighted by molar-refractivity contribution is 0.374. The zero-order chi connectivity index (χ0) is 11.6. The molecule has 0 bridgehead atoms. The maximum Gasteiger partial charge on any atom is 0.259 e. The average molecular weight is 217 g/mol. The molecule has 0 atom stereocenters. The lowest BCUT2D eigenvalue weighted by atomic mass is 9.92. The Hall–Kier alpha value is -1.71. The molecule has 84 valence electrons. The van der Waals surface area contributed by atoms with Crippen LogP contribution in [0.5, 0.6) is 0 Å². The van der Waals surface area contributed by atoms with Gasteiger partial charge in [-0.05, 0) is 17.5 Å². The van der Waals surface area contributed by atoms with Crippen LogP contribution >= 0.6 is 0 Å². The zero-order valence-corrected chi connectivity index (χ0v) is 9.77. The number of rotatable bonds is 2. The monoisotopic (exact) mass is 217 g/mol. The Bertz CT molecular complexity index is 457. The van der Waals surface area contributed by atoms with Crippen molar-refractivity contribution in [1.82, 2.24) is 15.1 Å². The van der Waals surface area contributed by atoms with Crippen LogP contribution in [0.3, 0.4) is 0 Å². The van der Waals surface area contributed by atoms with Crippen molar-refractivity contribution >= 4 is 0 Å². The minimum atomic E-state index is 0.163. The third kappa shape index (κ3) is 2.66. The SMILES string of the molecule is CC(C)(C)Cc1noc(-c2cccnc2)n1. The van der Waals surface area contributed by atoms with Crippen molar-refractivity contribution in [1.29, 1.82) is 0 Å². The highest BCUT2D eigenvalue weighted by atomic mass is 16.5. The van der Waals surface area contributed by atoms with Gasteiger partial charge in [0.2, 0.25) is 0 Å². The Morgan fingerprint density at radius 2 is 2.12 bits per heavy atom. The first kappa shape index (κ1) is 10.8. The average Bonchev–Trinajstić information content (AvgIpc) is 2.65. The van der Waals surface area contributed by atoms with Crippen molar-refractivity contribution in [2.45, 2.75) is 27.2 Å². The normalized spacial score (nSPS) is 11.7. The number of hydrogen-bond donors (Lipinski definition) is 0. The molecule has 0 aliphatic rings. The van der Waals surface area contributed by atoms with Gasteiger partial charge in [-0.25, -0.2) is 0 Å². The second kappa shape index (κ2) is 4.04. The van der Waals surface area contributed by atoms with E-state index >= 15 is 0 Å². The first-order valence-electron chi connectivity index (χ1n) is 5.28. The van der Waals surface area contributed by atoms with E-state index in [0.717, 1.165) is 17.8 Å². The van der Waals surface area contributed by atoms with E-state index in [2.05, 4.69) is 35.9 Å². The van der Waals surface area contributed by atoms with E-state index in [9.17, 15) is 0 Å². The first-order valence-corrected chi connectivity index (χ1v) is 5.28. The molecular formula is C12H15N3O. The molecule has 0 radical (unpaired) electrons. The van der Waals surface area contributed by atoms with Gasteiger partial charge in [0.15, 0.2) is 5.82 Å². The molecule has 2 rings (SSSR count). The molecule has 2 aromatic heterocycles. The Morgan fingerprint density at radius 3 is 2.75 bits per heavy atom. The molecule has 0 unspecified atom stereocenters. The van der Waals surface area contributed by atoms with Crippen molar-refractivity contribution in [2.24, 2.45) is 5.41 Å². The Morgan fingerprint density at radius 1 is 1.31 bits per heavy atom. The molecule has 0 N–H and O–H groups in total. The second-order valence-electron chi connectivity index (χ2n) is 4.99. The fourth-order valence-electron chi connectivity index (χ4n) is 1.41. The molecule has 16 heavy (non-hydrogen) atoms. The highest BCUT2D eigenvalue weighted by molar-refractivity contribution is 5.50. The summed E-state index contributed by atoms with van der Waals surface area (Å²) in [4.78, 5) is 8.37. The molecule has 0 spiro atoms. The minimum absolute atomic E-state index is 0.163. The molecule has 0 amide bonds. The van der Waals surface area contributed by atoms with Crippen LogP contribution < -0.4 is 0 Å². The van der Waals surface area contributed by atoms with Gasteiger partial charge in [0.1, 0.15) is 0 Å². The van der Waals surface area contributed by atoms with Crippen LogP contribution in [0.25, 0.3) is 11.5 Å². The van der Waals surface area contributed by atoms with E-state index in [1.165, 1.54) is 0 Å². The summed E-state index contributed by atoms with van der Waals surface area (Å²) < 4.78 is 5.20. The molecule has 0 aliphatic heterocycles. The van der Waals surface area contributed by atoms with Gasteiger partial charge in [-0.2, -0.15) is 4.98 Å². The van der Waals surface area contributed by atoms with Crippen LogP contribution in [0.4, 0.5) is 0 Å². The smallest absolute Gasteiger partial charge is 0.259 e. The van der Waals surface area contributed by atoms with Crippen molar-refractivity contribution in [3.63, 3.8) is 0 Å². The largest absolute Gasteiger partial charge is 0.334 e. The van der Waals surface area contributed by atoms with Gasteiger partial charge in [-0.1, -0.05) is 25.9 Å². The molecule has 0 aliphatic carbocycles. The van der Waals surface area contributed by atoms with E-state index in [-0.39, 0.29) is 5.41 Å². The summed E-state index contributed by atoms with van der Waals surface area (Å²) in [6.07, 6.45) is 4.24. The minimum Gasteiger partial charge on any atom is -0.334 e. The van der Waals surface area contributed by atoms with E-state index in [1.54, 1.807) is 12.4 Å². The van der Waals surface area contributed by atoms with Crippen LogP contribution in [0, 0.1) is 5.41 Å². The van der Waals surface area contributed by atoms with Crippen molar-refractivity contribution < 1.29 is 4.52 Å². The van der Waals surface area contributed by atoms with Gasteiger partial charge in [0.25, 0.3) is 5.89 Å². The van der Waals surface area contributed by atoms with E-state index < -0.39 is 0 Å². The molecule has 0 aromatic carbocycles. The number of pyridine rings is 1. The van der Waals surface area contributed by atoms with Crippen molar-refractivity contribution in [2.75, 3.05) is 0 Å². The van der Waals surface area contributed by atoms with Gasteiger partial charge in [0.05, 0.1) is 5.56 Å². The van der Waals surface area contributed by atoms with E-state index in [0.29, 0.717) is 5.89 Å². The van der Waals surface area contributed by atoms with Gasteiger partial charge in [-0.3, -0.25) is 4.98 Å². The van der Waals surface area contributed by atoms with Gasteiger partial charge in [-0.15, -0.1) is 0 Å². The zero-order valence-electron chi connectivity index (χ0n) is 9.77. The summed E-state index contributed by atoms with van der Waals surface area (Å²) in [6, 6.07) is 3.75. The maximum absolute atomic E-state index is 5.20. The van der Waals surface area contributed by atoms with Crippen LogP contribution in [0.2, 0.25) is 0 Å². The Kier molecular flexibility index (Phi) is 2.73. The topological polar surface area (TPSA) is 51.8 Å². The fraction of sp³-hybridized carbons (Fsp3) is 0.417. The molecule has 4 heteroatoms. The maximum atomic E-state index is 5.20. The van der Waals surface area contributed by atoms with Crippen molar-refractivity contribution in [3.8, 4) is 11.5 Å². The highest BCUT2D eigenvalue weighted by Crippen LogP contribution is 2.21. The quantitative estimate of drug-likeness (QED) is 0.776. The Labute approximate surface area is 94.7 Å². The van der Waals surface area contributed by atoms with Gasteiger partial charge < -0.3 is 4.52 Å². The molecule has 4 nitrogen and oxygen atoms in total. The molecular weight excluding hydrogens is 202 g/mol. The molecule has 2 heterocycles. The summed E-state index contributed by atoms with van der Waals surface area (Å²) in [7, 11) is 0. The van der Waals surface area contributed by atoms with Gasteiger partial charge in [0, 0.05) is 18.8 Å². The predicted molar refractivity (Wildman–Crippen MR) is 60.7 cm³/mol. The number of hydrogen-bond acceptors (Lipinski definition) is 4. The van der Waals surface area contributed by atoms with Crippen LogP contribution in [0.15, 0.2) is 29.0 Å². The third-order valence-corrected chi connectivity index (χ3v) is 2.07. The molecule has 2 aromatic rings. The fourth-order valence-corrected chi connectivity index (χ4v) is 1.41. The summed E-state index contributed by atoms with van der Waals surface area (Å²) in [5, 5.41) is 3.96. The number of nitrogens with zero attached hydrogens (tertiary/aromatic N) is 3. The molecule has 0 saturated carbocycles. The summed E-state index contributed by atoms with van der Waals surface area (Å²) >= 11 is 0. The lowest BCUT2D eigenvalue weighted by Crippen LogP contribution is -2.10. The van der Waals surface area contributed by atoms with Crippen molar-refractivity contribution in [3.05, 3.63) is 30.4 Å². The highest BCUT2D eigenvalue weighted by Gasteiger charge is 2.16. The van der Waals surface area contributed by atoms with Crippen LogP contribution in [-0.4, -0.2) is 15.1 Å². The van der Waals surface area contributed by atoms with Crippen LogP contribution in [-0.2, 0) is 6.42 Å². The second-order valence-corrected chi connectivity index (χ2v) is 4.99. The standard InChI is InChI=1S/C12H15N3O/c1-12(2,3)7-10-14-11(16-15-10)9-5-4-6-13-8-9/h4-6,8H,7H2,1-3H3. The molecule has 0 saturated heterocycles. The summed E-state index contributed by atoms with van der Waals surface area (Å²) in [5.41, 5.74) is 1.02. The summed E-state index contributed by atoms with van der Waals surface area (Å²) in [5.74, 6) is 1.28. The van der Waals surface area contributed by atoms with Gasteiger partial charge >= 0.3 is 0 Å². The number of aromatic nitrogens is 3. The molecule has 0 fully saturated rings. The van der Waals surface area contributed by atoms with E-state index in [4.69, 9.17) is 4.52 Å².